The van der Waals surface area contributed by atoms with Gasteiger partial charge >= 0.3 is 0 Å². The molecule has 7 nitrogen and oxygen atoms in total. The van der Waals surface area contributed by atoms with E-state index < -0.39 is 0 Å². The Hall–Kier alpha value is -3.22. The first kappa shape index (κ1) is 16.6. The van der Waals surface area contributed by atoms with Crippen molar-refractivity contribution in [3.63, 3.8) is 0 Å². The molecule has 2 heterocycles. The van der Waals surface area contributed by atoms with Gasteiger partial charge in [-0.25, -0.2) is 4.98 Å². The van der Waals surface area contributed by atoms with Crippen LogP contribution in [0, 0.1) is 6.92 Å². The van der Waals surface area contributed by atoms with Gasteiger partial charge in [0.15, 0.2) is 5.69 Å². The van der Waals surface area contributed by atoms with Gasteiger partial charge in [0.1, 0.15) is 12.1 Å². The number of carbonyl (C=O) groups is 1. The van der Waals surface area contributed by atoms with Gasteiger partial charge in [-0.05, 0) is 31.2 Å². The predicted octanol–water partition coefficient (Wildman–Crippen LogP) is 2.45. The zero-order chi connectivity index (χ0) is 17.6. The summed E-state index contributed by atoms with van der Waals surface area (Å²) in [5, 5.41) is 13.5. The van der Waals surface area contributed by atoms with Gasteiger partial charge in [0.25, 0.3) is 5.91 Å². The molecule has 2 aromatic heterocycles. The molecule has 0 bridgehead atoms. The monoisotopic (exact) mass is 337 g/mol. The van der Waals surface area contributed by atoms with Crippen molar-refractivity contribution in [3.8, 4) is 11.5 Å². The molecule has 7 heteroatoms. The maximum atomic E-state index is 11.4. The Labute approximate surface area is 145 Å². The highest BCUT2D eigenvalue weighted by Crippen LogP contribution is 2.19. The van der Waals surface area contributed by atoms with E-state index in [-0.39, 0.29) is 11.6 Å². The topological polar surface area (TPSA) is 92.9 Å². The standard InChI is InChI=1S/C18H19N5O2/c1-12-3-5-13(6-4-12)18-21-14(11-25-18)9-10-20-16-8-7-15(22-23-16)17(24)19-2/h3-8,11H,9-10H2,1-2H3,(H,19,24)(H,20,23). The number of aryl methyl sites for hydroxylation is 1. The number of anilines is 1. The summed E-state index contributed by atoms with van der Waals surface area (Å²) in [6.07, 6.45) is 2.35. The third-order valence-electron chi connectivity index (χ3n) is 3.66. The Morgan fingerprint density at radius 3 is 2.60 bits per heavy atom. The fourth-order valence-electron chi connectivity index (χ4n) is 2.24. The number of hydrogen-bond acceptors (Lipinski definition) is 6. The summed E-state index contributed by atoms with van der Waals surface area (Å²) >= 11 is 0. The van der Waals surface area contributed by atoms with Crippen LogP contribution < -0.4 is 10.6 Å². The van der Waals surface area contributed by atoms with Gasteiger partial charge in [0, 0.05) is 25.6 Å². The molecule has 0 aliphatic carbocycles. The molecule has 0 fully saturated rings. The van der Waals surface area contributed by atoms with E-state index in [1.165, 1.54) is 5.56 Å². The van der Waals surface area contributed by atoms with Crippen molar-refractivity contribution in [2.75, 3.05) is 18.9 Å². The predicted molar refractivity (Wildman–Crippen MR) is 94.3 cm³/mol. The Morgan fingerprint density at radius 2 is 1.92 bits per heavy atom. The quantitative estimate of drug-likeness (QED) is 0.718. The minimum atomic E-state index is -0.259. The lowest BCUT2D eigenvalue weighted by Crippen LogP contribution is -2.20. The minimum absolute atomic E-state index is 0.259. The second-order valence-electron chi connectivity index (χ2n) is 5.57. The number of oxazole rings is 1. The first-order valence-corrected chi connectivity index (χ1v) is 7.97. The summed E-state index contributed by atoms with van der Waals surface area (Å²) in [6.45, 7) is 2.68. The Balaban J connectivity index is 1.54. The number of benzene rings is 1. The molecule has 2 N–H and O–H groups in total. The van der Waals surface area contributed by atoms with Crippen LogP contribution in [0.25, 0.3) is 11.5 Å². The largest absolute Gasteiger partial charge is 0.444 e. The van der Waals surface area contributed by atoms with Crippen LogP contribution in [-0.2, 0) is 6.42 Å². The SMILES string of the molecule is CNC(=O)c1ccc(NCCc2coc(-c3ccc(C)cc3)n2)nn1. The van der Waals surface area contributed by atoms with E-state index in [0.717, 1.165) is 11.3 Å². The summed E-state index contributed by atoms with van der Waals surface area (Å²) in [4.78, 5) is 15.9. The maximum Gasteiger partial charge on any atom is 0.271 e. The zero-order valence-electron chi connectivity index (χ0n) is 14.1. The van der Waals surface area contributed by atoms with Crippen LogP contribution in [0.1, 0.15) is 21.7 Å². The summed E-state index contributed by atoms with van der Waals surface area (Å²) in [5.74, 6) is 0.963. The number of hydrogen-bond donors (Lipinski definition) is 2. The minimum Gasteiger partial charge on any atom is -0.444 e. The van der Waals surface area contributed by atoms with Crippen LogP contribution in [0.2, 0.25) is 0 Å². The van der Waals surface area contributed by atoms with Crippen molar-refractivity contribution in [2.45, 2.75) is 13.3 Å². The molecule has 0 saturated carbocycles. The van der Waals surface area contributed by atoms with Crippen LogP contribution in [0.3, 0.4) is 0 Å². The summed E-state index contributed by atoms with van der Waals surface area (Å²) in [7, 11) is 1.55. The fraction of sp³-hybridized carbons (Fsp3) is 0.222. The lowest BCUT2D eigenvalue weighted by atomic mass is 10.1. The highest BCUT2D eigenvalue weighted by Gasteiger charge is 2.08. The third-order valence-corrected chi connectivity index (χ3v) is 3.66. The van der Waals surface area contributed by atoms with Crippen LogP contribution >= 0.6 is 0 Å². The highest BCUT2D eigenvalue weighted by molar-refractivity contribution is 5.91. The van der Waals surface area contributed by atoms with E-state index >= 15 is 0 Å². The molecule has 25 heavy (non-hydrogen) atoms. The lowest BCUT2D eigenvalue weighted by Gasteiger charge is -2.04. The third kappa shape index (κ3) is 4.20. The first-order chi connectivity index (χ1) is 12.2. The summed E-state index contributed by atoms with van der Waals surface area (Å²) in [6, 6.07) is 11.4. The summed E-state index contributed by atoms with van der Waals surface area (Å²) < 4.78 is 5.54. The van der Waals surface area contributed by atoms with E-state index in [2.05, 4.69) is 25.8 Å². The Bertz CT molecular complexity index is 841. The van der Waals surface area contributed by atoms with E-state index in [0.29, 0.717) is 24.7 Å². The average Bonchev–Trinajstić information content (AvgIpc) is 3.11. The molecule has 0 unspecified atom stereocenters. The average molecular weight is 337 g/mol. The van der Waals surface area contributed by atoms with Gasteiger partial charge in [-0.1, -0.05) is 17.7 Å². The number of aromatic nitrogens is 3. The van der Waals surface area contributed by atoms with Crippen LogP contribution in [0.4, 0.5) is 5.82 Å². The van der Waals surface area contributed by atoms with Crippen molar-refractivity contribution in [3.05, 3.63) is 59.6 Å². The fourth-order valence-corrected chi connectivity index (χ4v) is 2.24. The first-order valence-electron chi connectivity index (χ1n) is 7.97. The van der Waals surface area contributed by atoms with Gasteiger partial charge in [-0.2, -0.15) is 0 Å². The second kappa shape index (κ2) is 7.57. The van der Waals surface area contributed by atoms with E-state index in [1.54, 1.807) is 25.4 Å². The van der Waals surface area contributed by atoms with Gasteiger partial charge in [-0.3, -0.25) is 4.79 Å². The molecule has 3 rings (SSSR count). The number of nitrogens with zero attached hydrogens (tertiary/aromatic N) is 3. The van der Waals surface area contributed by atoms with Crippen LogP contribution in [0.5, 0.6) is 0 Å². The highest BCUT2D eigenvalue weighted by atomic mass is 16.3. The number of nitrogens with one attached hydrogen (secondary N) is 2. The number of rotatable bonds is 6. The second-order valence-corrected chi connectivity index (χ2v) is 5.57. The summed E-state index contributed by atoms with van der Waals surface area (Å²) in [5.41, 5.74) is 3.30. The Morgan fingerprint density at radius 1 is 1.12 bits per heavy atom. The number of amides is 1. The van der Waals surface area contributed by atoms with Gasteiger partial charge in [0.2, 0.25) is 5.89 Å². The van der Waals surface area contributed by atoms with Gasteiger partial charge < -0.3 is 15.1 Å². The Kier molecular flexibility index (Phi) is 5.03. The van der Waals surface area contributed by atoms with E-state index in [4.69, 9.17) is 4.42 Å². The molecule has 0 spiro atoms. The number of carbonyl (C=O) groups excluding carboxylic acids is 1. The van der Waals surface area contributed by atoms with Gasteiger partial charge in [0.05, 0.1) is 5.69 Å². The molecule has 128 valence electrons. The molecule has 1 amide bonds. The molecule has 0 aliphatic rings. The molecular formula is C18H19N5O2. The van der Waals surface area contributed by atoms with E-state index in [1.807, 2.05) is 31.2 Å². The molecule has 1 aromatic carbocycles. The van der Waals surface area contributed by atoms with Crippen molar-refractivity contribution < 1.29 is 9.21 Å². The van der Waals surface area contributed by atoms with Crippen molar-refractivity contribution in [1.82, 2.24) is 20.5 Å². The molecule has 0 atom stereocenters. The van der Waals surface area contributed by atoms with Crippen LogP contribution in [0.15, 0.2) is 47.1 Å². The molecular weight excluding hydrogens is 318 g/mol. The molecule has 0 saturated heterocycles. The smallest absolute Gasteiger partial charge is 0.271 e. The molecule has 3 aromatic rings. The van der Waals surface area contributed by atoms with Crippen molar-refractivity contribution in [1.29, 1.82) is 0 Å². The normalized spacial score (nSPS) is 10.5. The lowest BCUT2D eigenvalue weighted by molar-refractivity contribution is 0.0957. The van der Waals surface area contributed by atoms with Crippen LogP contribution in [-0.4, -0.2) is 34.7 Å². The maximum absolute atomic E-state index is 11.4. The van der Waals surface area contributed by atoms with Crippen molar-refractivity contribution >= 4 is 11.7 Å². The van der Waals surface area contributed by atoms with Crippen molar-refractivity contribution in [2.24, 2.45) is 0 Å². The molecule has 0 aliphatic heterocycles. The van der Waals surface area contributed by atoms with Gasteiger partial charge in [-0.15, -0.1) is 10.2 Å². The van der Waals surface area contributed by atoms with E-state index in [9.17, 15) is 4.79 Å². The zero-order valence-corrected chi connectivity index (χ0v) is 14.1. The molecule has 0 radical (unpaired) electrons.